The first-order chi connectivity index (χ1) is 14.4. The van der Waals surface area contributed by atoms with Crippen molar-refractivity contribution in [3.8, 4) is 5.75 Å². The molecule has 1 aliphatic heterocycles. The molecule has 0 saturated heterocycles. The second kappa shape index (κ2) is 7.98. The van der Waals surface area contributed by atoms with E-state index in [1.54, 1.807) is 30.7 Å². The van der Waals surface area contributed by atoms with Crippen LogP contribution < -0.4 is 10.1 Å². The van der Waals surface area contributed by atoms with E-state index in [0.29, 0.717) is 30.1 Å². The van der Waals surface area contributed by atoms with Crippen LogP contribution in [-0.4, -0.2) is 27.2 Å². The number of benzene rings is 2. The Morgan fingerprint density at radius 2 is 1.97 bits per heavy atom. The lowest BCUT2D eigenvalue weighted by Crippen LogP contribution is -2.32. The number of nitro groups is 1. The van der Waals surface area contributed by atoms with E-state index in [1.807, 2.05) is 36.4 Å². The fraction of sp³-hybridized carbons (Fsp3) is 0.273. The van der Waals surface area contributed by atoms with Crippen molar-refractivity contribution in [2.24, 2.45) is 0 Å². The molecule has 3 aromatic rings. The maximum Gasteiger partial charge on any atom is 0.312 e. The summed E-state index contributed by atoms with van der Waals surface area (Å²) in [5, 5.41) is 18.5. The number of aromatic nitrogens is 2. The third-order valence-corrected chi connectivity index (χ3v) is 5.34. The van der Waals surface area contributed by atoms with Gasteiger partial charge in [-0.05, 0) is 37.6 Å². The van der Waals surface area contributed by atoms with Gasteiger partial charge in [0.05, 0.1) is 24.1 Å². The minimum absolute atomic E-state index is 0.0442. The smallest absolute Gasteiger partial charge is 0.312 e. The minimum Gasteiger partial charge on any atom is -0.493 e. The van der Waals surface area contributed by atoms with Crippen molar-refractivity contribution in [3.05, 3.63) is 86.7 Å². The zero-order chi connectivity index (χ0) is 21.3. The molecule has 2 aromatic carbocycles. The molecule has 0 unspecified atom stereocenters. The molecule has 0 spiro atoms. The Morgan fingerprint density at radius 3 is 2.67 bits per heavy atom. The summed E-state index contributed by atoms with van der Waals surface area (Å²) in [5.41, 5.74) is 3.40. The van der Waals surface area contributed by atoms with E-state index < -0.39 is 4.92 Å². The molecule has 8 nitrogen and oxygen atoms in total. The van der Waals surface area contributed by atoms with Crippen LogP contribution in [-0.2, 0) is 6.54 Å². The van der Waals surface area contributed by atoms with Gasteiger partial charge in [0.15, 0.2) is 0 Å². The monoisotopic (exact) mass is 406 g/mol. The summed E-state index contributed by atoms with van der Waals surface area (Å²) in [4.78, 5) is 23.5. The zero-order valence-corrected chi connectivity index (χ0v) is 16.8. The van der Waals surface area contributed by atoms with Crippen molar-refractivity contribution < 1.29 is 14.5 Å². The predicted octanol–water partition coefficient (Wildman–Crippen LogP) is 3.71. The van der Waals surface area contributed by atoms with Crippen molar-refractivity contribution in [1.82, 2.24) is 15.1 Å². The number of hydrogen-bond donors (Lipinski definition) is 1. The Kier molecular flexibility index (Phi) is 5.22. The van der Waals surface area contributed by atoms with Gasteiger partial charge in [-0.2, -0.15) is 5.10 Å². The molecule has 30 heavy (non-hydrogen) atoms. The highest BCUT2D eigenvalue weighted by atomic mass is 16.6. The van der Waals surface area contributed by atoms with E-state index in [9.17, 15) is 14.9 Å². The molecule has 0 fully saturated rings. The number of nitrogens with zero attached hydrogens (tertiary/aromatic N) is 3. The summed E-state index contributed by atoms with van der Waals surface area (Å²) >= 11 is 0. The number of rotatable bonds is 5. The molecule has 0 radical (unpaired) electrons. The van der Waals surface area contributed by atoms with Crippen LogP contribution in [0.4, 0.5) is 5.69 Å². The summed E-state index contributed by atoms with van der Waals surface area (Å²) in [6, 6.07) is 14.8. The van der Waals surface area contributed by atoms with Crippen LogP contribution in [0.1, 0.15) is 45.3 Å². The zero-order valence-electron chi connectivity index (χ0n) is 16.8. The van der Waals surface area contributed by atoms with Crippen LogP contribution in [0.5, 0.6) is 5.75 Å². The van der Waals surface area contributed by atoms with E-state index in [1.165, 1.54) is 0 Å². The quantitative estimate of drug-likeness (QED) is 0.514. The van der Waals surface area contributed by atoms with Crippen LogP contribution in [0.3, 0.4) is 0 Å². The molecule has 8 heteroatoms. The summed E-state index contributed by atoms with van der Waals surface area (Å²) < 4.78 is 7.26. The van der Waals surface area contributed by atoms with Crippen molar-refractivity contribution in [3.63, 3.8) is 0 Å². The van der Waals surface area contributed by atoms with Crippen molar-refractivity contribution >= 4 is 11.6 Å². The van der Waals surface area contributed by atoms with Crippen LogP contribution in [0, 0.1) is 24.0 Å². The van der Waals surface area contributed by atoms with E-state index in [4.69, 9.17) is 4.74 Å². The van der Waals surface area contributed by atoms with Crippen LogP contribution in [0.15, 0.2) is 48.5 Å². The molecule has 1 atom stereocenters. The number of nitrogens with one attached hydrogen (secondary N) is 1. The number of fused-ring (bicyclic) bond motifs is 1. The summed E-state index contributed by atoms with van der Waals surface area (Å²) in [6.45, 7) is 4.28. The Balaban J connectivity index is 1.46. The van der Waals surface area contributed by atoms with Gasteiger partial charge in [0.1, 0.15) is 17.1 Å². The van der Waals surface area contributed by atoms with Gasteiger partial charge in [0.25, 0.3) is 5.91 Å². The number of ether oxygens (including phenoxy) is 1. The second-order valence-electron chi connectivity index (χ2n) is 7.33. The summed E-state index contributed by atoms with van der Waals surface area (Å²) in [6.07, 6.45) is 0.720. The highest BCUT2D eigenvalue weighted by Crippen LogP contribution is 2.31. The number of amides is 1. The Labute approximate surface area is 173 Å². The van der Waals surface area contributed by atoms with Gasteiger partial charge in [0, 0.05) is 17.5 Å². The highest BCUT2D eigenvalue weighted by Gasteiger charge is 2.24. The van der Waals surface area contributed by atoms with Crippen LogP contribution in [0.25, 0.3) is 0 Å². The lowest BCUT2D eigenvalue weighted by molar-refractivity contribution is -0.386. The molecule has 1 N–H and O–H groups in total. The molecule has 1 aliphatic rings. The van der Waals surface area contributed by atoms with Gasteiger partial charge in [0.2, 0.25) is 0 Å². The summed E-state index contributed by atoms with van der Waals surface area (Å²) in [7, 11) is 0. The molecule has 154 valence electrons. The first-order valence-electron chi connectivity index (χ1n) is 9.74. The Bertz CT molecular complexity index is 1100. The number of hydrogen-bond acceptors (Lipinski definition) is 5. The largest absolute Gasteiger partial charge is 0.493 e. The molecule has 2 heterocycles. The lowest BCUT2D eigenvalue weighted by atomic mass is 10.00. The van der Waals surface area contributed by atoms with Crippen molar-refractivity contribution in [1.29, 1.82) is 0 Å². The van der Waals surface area contributed by atoms with Gasteiger partial charge in [-0.3, -0.25) is 19.6 Å². The van der Waals surface area contributed by atoms with Gasteiger partial charge in [-0.15, -0.1) is 0 Å². The van der Waals surface area contributed by atoms with Gasteiger partial charge < -0.3 is 10.1 Å². The average molecular weight is 406 g/mol. The molecule has 0 bridgehead atoms. The Morgan fingerprint density at radius 1 is 1.23 bits per heavy atom. The molecular weight excluding hydrogens is 384 g/mol. The van der Waals surface area contributed by atoms with E-state index in [0.717, 1.165) is 23.3 Å². The minimum atomic E-state index is -0.407. The number of carbonyl (C=O) groups is 1. The maximum absolute atomic E-state index is 12.7. The van der Waals surface area contributed by atoms with E-state index in [-0.39, 0.29) is 17.6 Å². The van der Waals surface area contributed by atoms with Gasteiger partial charge >= 0.3 is 5.69 Å². The molecule has 0 saturated carbocycles. The second-order valence-corrected chi connectivity index (χ2v) is 7.33. The van der Waals surface area contributed by atoms with Crippen molar-refractivity contribution in [2.45, 2.75) is 32.9 Å². The molecule has 1 amide bonds. The molecule has 0 aliphatic carbocycles. The van der Waals surface area contributed by atoms with Crippen molar-refractivity contribution in [2.75, 3.05) is 6.61 Å². The third kappa shape index (κ3) is 3.76. The predicted molar refractivity (Wildman–Crippen MR) is 111 cm³/mol. The van der Waals surface area contributed by atoms with E-state index >= 15 is 0 Å². The molecular formula is C22H22N4O4. The first-order valence-corrected chi connectivity index (χ1v) is 9.74. The van der Waals surface area contributed by atoms with Gasteiger partial charge in [-0.25, -0.2) is 0 Å². The third-order valence-electron chi connectivity index (χ3n) is 5.34. The standard InChI is InChI=1S/C22H22N4O4/c1-14-21(26(28)29)15(2)25(24-14)13-16-7-9-17(10-8-16)22(27)23-19-11-12-30-20-6-4-3-5-18(19)20/h3-10,19H,11-13H2,1-2H3,(H,23,27)/t19-/m1/s1. The molecule has 4 rings (SSSR count). The molecule has 1 aromatic heterocycles. The Hall–Kier alpha value is -3.68. The average Bonchev–Trinajstić information content (AvgIpc) is 3.02. The SMILES string of the molecule is Cc1nn(Cc2ccc(C(=O)N[C@@H]3CCOc4ccccc43)cc2)c(C)c1[N+](=O)[O-]. The first kappa shape index (κ1) is 19.6. The normalized spacial score (nSPS) is 15.2. The summed E-state index contributed by atoms with van der Waals surface area (Å²) in [5.74, 6) is 0.661. The van der Waals surface area contributed by atoms with Gasteiger partial charge in [-0.1, -0.05) is 30.3 Å². The lowest BCUT2D eigenvalue weighted by Gasteiger charge is -2.26. The van der Waals surface area contributed by atoms with E-state index in [2.05, 4.69) is 10.4 Å². The fourth-order valence-corrected chi connectivity index (χ4v) is 3.77. The van der Waals surface area contributed by atoms with Crippen LogP contribution in [0.2, 0.25) is 0 Å². The number of carbonyl (C=O) groups excluding carboxylic acids is 1. The highest BCUT2D eigenvalue weighted by molar-refractivity contribution is 5.94. The van der Waals surface area contributed by atoms with Crippen LogP contribution >= 0.6 is 0 Å². The number of aryl methyl sites for hydroxylation is 1. The fourth-order valence-electron chi connectivity index (χ4n) is 3.77. The maximum atomic E-state index is 12.7. The topological polar surface area (TPSA) is 99.3 Å². The number of para-hydroxylation sites is 1.